The van der Waals surface area contributed by atoms with Crippen molar-refractivity contribution in [3.63, 3.8) is 0 Å². The Kier molecular flexibility index (Phi) is 3.94. The van der Waals surface area contributed by atoms with Gasteiger partial charge in [-0.05, 0) is 19.9 Å². The van der Waals surface area contributed by atoms with Crippen LogP contribution in [0, 0.1) is 0 Å². The Bertz CT molecular complexity index is 673. The molecule has 0 aromatic carbocycles. The molecule has 6 nitrogen and oxygen atoms in total. The van der Waals surface area contributed by atoms with Crippen LogP contribution in [-0.2, 0) is 11.8 Å². The number of imidazole rings is 1. The molecule has 2 aromatic rings. The molecule has 0 N–H and O–H groups in total. The van der Waals surface area contributed by atoms with Gasteiger partial charge >= 0.3 is 0 Å². The van der Waals surface area contributed by atoms with Crippen LogP contribution in [-0.4, -0.2) is 46.1 Å². The van der Waals surface area contributed by atoms with Crippen LogP contribution in [0.15, 0.2) is 24.8 Å². The van der Waals surface area contributed by atoms with Crippen LogP contribution in [0.2, 0.25) is 0 Å². The van der Waals surface area contributed by atoms with Crippen molar-refractivity contribution in [1.82, 2.24) is 14.5 Å². The molecule has 0 saturated carbocycles. The predicted molar refractivity (Wildman–Crippen MR) is 84.0 cm³/mol. The van der Waals surface area contributed by atoms with Gasteiger partial charge in [-0.25, -0.2) is 9.97 Å². The highest BCUT2D eigenvalue weighted by atomic mass is 16.5. The average molecular weight is 300 g/mol. The summed E-state index contributed by atoms with van der Waals surface area (Å²) in [5.74, 6) is 0.719. The number of carbonyl (C=O) groups is 1. The molecule has 6 heteroatoms. The summed E-state index contributed by atoms with van der Waals surface area (Å²) in [4.78, 5) is 22.4. The van der Waals surface area contributed by atoms with Gasteiger partial charge in [-0.1, -0.05) is 0 Å². The second-order valence-electron chi connectivity index (χ2n) is 5.84. The zero-order valence-electron chi connectivity index (χ0n) is 13.1. The second-order valence-corrected chi connectivity index (χ2v) is 5.84. The lowest BCUT2D eigenvalue weighted by molar-refractivity contribution is -0.00549. The van der Waals surface area contributed by atoms with Crippen LogP contribution in [0.3, 0.4) is 0 Å². The van der Waals surface area contributed by atoms with Gasteiger partial charge in [0.15, 0.2) is 6.29 Å². The highest BCUT2D eigenvalue weighted by Crippen LogP contribution is 2.25. The van der Waals surface area contributed by atoms with Gasteiger partial charge in [0.2, 0.25) is 0 Å². The van der Waals surface area contributed by atoms with Gasteiger partial charge in [-0.2, -0.15) is 0 Å². The molecular weight excluding hydrogens is 280 g/mol. The Morgan fingerprint density at radius 1 is 1.27 bits per heavy atom. The quantitative estimate of drug-likeness (QED) is 0.810. The van der Waals surface area contributed by atoms with E-state index in [2.05, 4.69) is 14.9 Å². The Balaban J connectivity index is 1.94. The molecule has 3 heterocycles. The summed E-state index contributed by atoms with van der Waals surface area (Å²) in [5, 5.41) is 0. The summed E-state index contributed by atoms with van der Waals surface area (Å²) >= 11 is 0. The molecule has 2 aromatic heterocycles. The molecule has 0 aliphatic carbocycles. The van der Waals surface area contributed by atoms with E-state index in [0.717, 1.165) is 36.5 Å². The summed E-state index contributed by atoms with van der Waals surface area (Å²) in [7, 11) is 1.91. The summed E-state index contributed by atoms with van der Waals surface area (Å²) in [6.45, 7) is 5.54. The van der Waals surface area contributed by atoms with E-state index >= 15 is 0 Å². The smallest absolute Gasteiger partial charge is 0.153 e. The van der Waals surface area contributed by atoms with Crippen LogP contribution in [0.5, 0.6) is 0 Å². The highest BCUT2D eigenvalue weighted by molar-refractivity contribution is 5.85. The number of anilines is 1. The second kappa shape index (κ2) is 5.88. The number of pyridine rings is 1. The van der Waals surface area contributed by atoms with Crippen LogP contribution < -0.4 is 4.90 Å². The highest BCUT2D eigenvalue weighted by Gasteiger charge is 2.25. The van der Waals surface area contributed by atoms with Crippen molar-refractivity contribution in [2.24, 2.45) is 7.05 Å². The third kappa shape index (κ3) is 2.87. The number of hydrogen-bond acceptors (Lipinski definition) is 5. The van der Waals surface area contributed by atoms with Gasteiger partial charge < -0.3 is 14.2 Å². The van der Waals surface area contributed by atoms with E-state index in [0.29, 0.717) is 5.56 Å². The van der Waals surface area contributed by atoms with Crippen molar-refractivity contribution in [2.45, 2.75) is 26.1 Å². The maximum absolute atomic E-state index is 11.5. The van der Waals surface area contributed by atoms with Crippen molar-refractivity contribution >= 4 is 12.1 Å². The molecular formula is C16H20N4O2. The minimum Gasteiger partial charge on any atom is -0.372 e. The van der Waals surface area contributed by atoms with Crippen molar-refractivity contribution in [3.8, 4) is 11.3 Å². The summed E-state index contributed by atoms with van der Waals surface area (Å²) in [5.41, 5.74) is 2.25. The maximum Gasteiger partial charge on any atom is 0.153 e. The van der Waals surface area contributed by atoms with Crippen LogP contribution in [0.1, 0.15) is 24.2 Å². The van der Waals surface area contributed by atoms with Gasteiger partial charge in [0.05, 0.1) is 29.8 Å². The van der Waals surface area contributed by atoms with Gasteiger partial charge in [0.1, 0.15) is 5.82 Å². The standard InChI is InChI=1S/C16H20N4O2/c1-11-6-20(7-12(2)22-11)16-14(9-21)4-13(5-17-16)15-8-19(3)10-18-15/h4-5,8-12H,6-7H2,1-3H3. The molecule has 0 spiro atoms. The molecule has 1 aliphatic rings. The first-order valence-electron chi connectivity index (χ1n) is 7.40. The van der Waals surface area contributed by atoms with Crippen LogP contribution in [0.4, 0.5) is 5.82 Å². The Labute approximate surface area is 129 Å². The number of hydrogen-bond donors (Lipinski definition) is 0. The molecule has 3 rings (SSSR count). The summed E-state index contributed by atoms with van der Waals surface area (Å²) in [6, 6.07) is 1.85. The number of ether oxygens (including phenoxy) is 1. The SMILES string of the molecule is CC1CN(c2ncc(-c3cn(C)cn3)cc2C=O)CC(C)O1. The van der Waals surface area contributed by atoms with E-state index in [4.69, 9.17) is 4.74 Å². The molecule has 1 saturated heterocycles. The Hall–Kier alpha value is -2.21. The summed E-state index contributed by atoms with van der Waals surface area (Å²) in [6.07, 6.45) is 6.52. The van der Waals surface area contributed by atoms with Gasteiger partial charge in [-0.3, -0.25) is 4.79 Å². The van der Waals surface area contributed by atoms with E-state index in [1.165, 1.54) is 0 Å². The van der Waals surface area contributed by atoms with E-state index < -0.39 is 0 Å². The number of nitrogens with zero attached hydrogens (tertiary/aromatic N) is 4. The van der Waals surface area contributed by atoms with Crippen LogP contribution >= 0.6 is 0 Å². The first-order chi connectivity index (χ1) is 10.6. The normalized spacial score (nSPS) is 21.9. The molecule has 0 bridgehead atoms. The molecule has 2 atom stereocenters. The molecule has 0 radical (unpaired) electrons. The molecule has 0 amide bonds. The number of carbonyl (C=O) groups excluding carboxylic acids is 1. The largest absolute Gasteiger partial charge is 0.372 e. The number of aromatic nitrogens is 3. The molecule has 22 heavy (non-hydrogen) atoms. The lowest BCUT2D eigenvalue weighted by atomic mass is 10.1. The minimum atomic E-state index is 0.125. The Morgan fingerprint density at radius 3 is 2.59 bits per heavy atom. The van der Waals surface area contributed by atoms with E-state index in [1.807, 2.05) is 37.7 Å². The van der Waals surface area contributed by atoms with Crippen molar-refractivity contribution in [3.05, 3.63) is 30.4 Å². The van der Waals surface area contributed by atoms with E-state index in [-0.39, 0.29) is 12.2 Å². The zero-order chi connectivity index (χ0) is 15.7. The lowest BCUT2D eigenvalue weighted by Crippen LogP contribution is -2.46. The summed E-state index contributed by atoms with van der Waals surface area (Å²) < 4.78 is 7.61. The van der Waals surface area contributed by atoms with Gasteiger partial charge in [-0.15, -0.1) is 0 Å². The molecule has 1 fully saturated rings. The number of aryl methyl sites for hydroxylation is 1. The third-order valence-electron chi connectivity index (χ3n) is 3.74. The fourth-order valence-corrected chi connectivity index (χ4v) is 2.88. The number of aldehydes is 1. The zero-order valence-corrected chi connectivity index (χ0v) is 13.1. The fraction of sp³-hybridized carbons (Fsp3) is 0.438. The fourth-order valence-electron chi connectivity index (χ4n) is 2.88. The van der Waals surface area contributed by atoms with Crippen molar-refractivity contribution in [1.29, 1.82) is 0 Å². The monoisotopic (exact) mass is 300 g/mol. The number of morpholine rings is 1. The van der Waals surface area contributed by atoms with E-state index in [9.17, 15) is 4.79 Å². The predicted octanol–water partition coefficient (Wildman–Crippen LogP) is 1.91. The van der Waals surface area contributed by atoms with Gasteiger partial charge in [0, 0.05) is 38.1 Å². The first kappa shape index (κ1) is 14.7. The maximum atomic E-state index is 11.5. The molecule has 2 unspecified atom stereocenters. The first-order valence-corrected chi connectivity index (χ1v) is 7.40. The van der Waals surface area contributed by atoms with Crippen LogP contribution in [0.25, 0.3) is 11.3 Å². The lowest BCUT2D eigenvalue weighted by Gasteiger charge is -2.36. The minimum absolute atomic E-state index is 0.125. The third-order valence-corrected chi connectivity index (χ3v) is 3.74. The van der Waals surface area contributed by atoms with Crippen molar-refractivity contribution in [2.75, 3.05) is 18.0 Å². The molecule has 1 aliphatic heterocycles. The van der Waals surface area contributed by atoms with E-state index in [1.54, 1.807) is 12.5 Å². The van der Waals surface area contributed by atoms with Crippen molar-refractivity contribution < 1.29 is 9.53 Å². The average Bonchev–Trinajstić information content (AvgIpc) is 2.92. The molecule has 116 valence electrons. The van der Waals surface area contributed by atoms with Gasteiger partial charge in [0.25, 0.3) is 0 Å². The number of rotatable bonds is 3. The topological polar surface area (TPSA) is 60.2 Å². The Morgan fingerprint density at radius 2 is 2.00 bits per heavy atom.